The number of hydrogen-bond donors (Lipinski definition) is 1. The molecule has 0 saturated heterocycles. The van der Waals surface area contributed by atoms with Gasteiger partial charge in [0, 0.05) is 6.04 Å². The summed E-state index contributed by atoms with van der Waals surface area (Å²) in [5, 5.41) is 0. The second kappa shape index (κ2) is 4.57. The van der Waals surface area contributed by atoms with E-state index >= 15 is 0 Å². The fourth-order valence-electron chi connectivity index (χ4n) is 0.795. The quantitative estimate of drug-likeness (QED) is 0.575. The van der Waals surface area contributed by atoms with E-state index < -0.39 is 0 Å². The van der Waals surface area contributed by atoms with Crippen molar-refractivity contribution in [3.63, 3.8) is 0 Å². The first-order chi connectivity index (χ1) is 4.22. The van der Waals surface area contributed by atoms with Crippen LogP contribution in [0.5, 0.6) is 0 Å². The summed E-state index contributed by atoms with van der Waals surface area (Å²) in [6.07, 6.45) is 3.25. The van der Waals surface area contributed by atoms with Crippen molar-refractivity contribution >= 4 is 0 Å². The van der Waals surface area contributed by atoms with E-state index in [4.69, 9.17) is 5.73 Å². The van der Waals surface area contributed by atoms with Crippen molar-refractivity contribution in [2.45, 2.75) is 39.2 Å². The van der Waals surface area contributed by atoms with Gasteiger partial charge in [-0.15, -0.1) is 0 Å². The fraction of sp³-hybridized carbons (Fsp3) is 0.750. The Kier molecular flexibility index (Phi) is 4.41. The van der Waals surface area contributed by atoms with Gasteiger partial charge >= 0.3 is 0 Å². The highest BCUT2D eigenvalue weighted by molar-refractivity contribution is 5.02. The SMILES string of the molecule is C=C(CCC)C(N)CC. The van der Waals surface area contributed by atoms with Crippen molar-refractivity contribution < 1.29 is 0 Å². The molecule has 2 N–H and O–H groups in total. The lowest BCUT2D eigenvalue weighted by Crippen LogP contribution is -2.20. The molecular formula is C8H17N. The first kappa shape index (κ1) is 8.70. The Morgan fingerprint density at radius 3 is 2.44 bits per heavy atom. The van der Waals surface area contributed by atoms with Crippen molar-refractivity contribution in [3.8, 4) is 0 Å². The molecule has 0 spiro atoms. The van der Waals surface area contributed by atoms with Crippen LogP contribution in [0.25, 0.3) is 0 Å². The zero-order valence-corrected chi connectivity index (χ0v) is 6.48. The van der Waals surface area contributed by atoms with Crippen molar-refractivity contribution in [2.75, 3.05) is 0 Å². The second-order valence-electron chi connectivity index (χ2n) is 2.42. The molecular weight excluding hydrogens is 110 g/mol. The van der Waals surface area contributed by atoms with Crippen LogP contribution in [0.4, 0.5) is 0 Å². The van der Waals surface area contributed by atoms with Crippen LogP contribution in [0.2, 0.25) is 0 Å². The van der Waals surface area contributed by atoms with Crippen molar-refractivity contribution in [1.29, 1.82) is 0 Å². The molecule has 0 aliphatic carbocycles. The highest BCUT2D eigenvalue weighted by Gasteiger charge is 2.01. The van der Waals surface area contributed by atoms with E-state index in [1.807, 2.05) is 0 Å². The average molecular weight is 127 g/mol. The Labute approximate surface area is 57.9 Å². The average Bonchev–Trinajstić information content (AvgIpc) is 1.87. The second-order valence-corrected chi connectivity index (χ2v) is 2.42. The zero-order chi connectivity index (χ0) is 7.28. The van der Waals surface area contributed by atoms with Crippen LogP contribution in [-0.4, -0.2) is 6.04 Å². The lowest BCUT2D eigenvalue weighted by Gasteiger charge is -2.10. The Bertz CT molecular complexity index is 86.6. The summed E-state index contributed by atoms with van der Waals surface area (Å²) in [6, 6.07) is 0.227. The lowest BCUT2D eigenvalue weighted by atomic mass is 10.0. The maximum atomic E-state index is 5.70. The predicted octanol–water partition coefficient (Wildman–Crippen LogP) is 2.08. The molecule has 0 saturated carbocycles. The largest absolute Gasteiger partial charge is 0.324 e. The van der Waals surface area contributed by atoms with E-state index in [9.17, 15) is 0 Å². The van der Waals surface area contributed by atoms with Gasteiger partial charge in [-0.2, -0.15) is 0 Å². The summed E-state index contributed by atoms with van der Waals surface area (Å²) in [7, 11) is 0. The lowest BCUT2D eigenvalue weighted by molar-refractivity contribution is 0.695. The maximum absolute atomic E-state index is 5.70. The highest BCUT2D eigenvalue weighted by Crippen LogP contribution is 2.07. The monoisotopic (exact) mass is 127 g/mol. The van der Waals surface area contributed by atoms with Gasteiger partial charge in [-0.25, -0.2) is 0 Å². The summed E-state index contributed by atoms with van der Waals surface area (Å²) < 4.78 is 0. The van der Waals surface area contributed by atoms with Gasteiger partial charge in [0.1, 0.15) is 0 Å². The Hall–Kier alpha value is -0.300. The van der Waals surface area contributed by atoms with Gasteiger partial charge < -0.3 is 5.73 Å². The maximum Gasteiger partial charge on any atom is 0.0248 e. The molecule has 1 atom stereocenters. The molecule has 0 fully saturated rings. The Balaban J connectivity index is 3.46. The molecule has 54 valence electrons. The summed E-state index contributed by atoms with van der Waals surface area (Å²) in [4.78, 5) is 0. The molecule has 0 rings (SSSR count). The van der Waals surface area contributed by atoms with Crippen LogP contribution >= 0.6 is 0 Å². The molecule has 1 nitrogen and oxygen atoms in total. The van der Waals surface area contributed by atoms with E-state index in [-0.39, 0.29) is 6.04 Å². The Morgan fingerprint density at radius 1 is 1.56 bits per heavy atom. The smallest absolute Gasteiger partial charge is 0.0248 e. The van der Waals surface area contributed by atoms with Crippen LogP contribution in [0.3, 0.4) is 0 Å². The van der Waals surface area contributed by atoms with Crippen molar-refractivity contribution in [2.24, 2.45) is 5.73 Å². The zero-order valence-electron chi connectivity index (χ0n) is 6.48. The van der Waals surface area contributed by atoms with E-state index in [2.05, 4.69) is 20.4 Å². The third kappa shape index (κ3) is 3.31. The number of hydrogen-bond acceptors (Lipinski definition) is 1. The highest BCUT2D eigenvalue weighted by atomic mass is 14.6. The van der Waals surface area contributed by atoms with Gasteiger partial charge in [0.2, 0.25) is 0 Å². The first-order valence-electron chi connectivity index (χ1n) is 3.65. The summed E-state index contributed by atoms with van der Waals surface area (Å²) in [5.41, 5.74) is 6.90. The van der Waals surface area contributed by atoms with Crippen LogP contribution in [0.1, 0.15) is 33.1 Å². The fourth-order valence-corrected chi connectivity index (χ4v) is 0.795. The molecule has 0 aromatic carbocycles. The molecule has 0 aromatic rings. The van der Waals surface area contributed by atoms with E-state index in [1.54, 1.807) is 0 Å². The van der Waals surface area contributed by atoms with Crippen molar-refractivity contribution in [1.82, 2.24) is 0 Å². The summed E-state index contributed by atoms with van der Waals surface area (Å²) in [5.74, 6) is 0. The third-order valence-electron chi connectivity index (χ3n) is 1.54. The van der Waals surface area contributed by atoms with Gasteiger partial charge in [0.15, 0.2) is 0 Å². The summed E-state index contributed by atoms with van der Waals surface area (Å²) >= 11 is 0. The van der Waals surface area contributed by atoms with E-state index in [0.717, 1.165) is 19.3 Å². The number of rotatable bonds is 4. The molecule has 0 aromatic heterocycles. The third-order valence-corrected chi connectivity index (χ3v) is 1.54. The minimum Gasteiger partial charge on any atom is -0.324 e. The molecule has 0 aliphatic heterocycles. The normalized spacial score (nSPS) is 13.2. The molecule has 0 heterocycles. The van der Waals surface area contributed by atoms with Crippen LogP contribution in [0, 0.1) is 0 Å². The Morgan fingerprint density at radius 2 is 2.11 bits per heavy atom. The molecule has 9 heavy (non-hydrogen) atoms. The van der Waals surface area contributed by atoms with Gasteiger partial charge in [-0.3, -0.25) is 0 Å². The number of nitrogens with two attached hydrogens (primary N) is 1. The van der Waals surface area contributed by atoms with Crippen molar-refractivity contribution in [3.05, 3.63) is 12.2 Å². The van der Waals surface area contributed by atoms with E-state index in [0.29, 0.717) is 0 Å². The topological polar surface area (TPSA) is 26.0 Å². The molecule has 0 amide bonds. The molecule has 0 bridgehead atoms. The van der Waals surface area contributed by atoms with Crippen LogP contribution in [-0.2, 0) is 0 Å². The summed E-state index contributed by atoms with van der Waals surface area (Å²) in [6.45, 7) is 8.13. The van der Waals surface area contributed by atoms with Crippen LogP contribution in [0.15, 0.2) is 12.2 Å². The minimum atomic E-state index is 0.227. The van der Waals surface area contributed by atoms with Gasteiger partial charge in [-0.1, -0.05) is 32.4 Å². The van der Waals surface area contributed by atoms with E-state index in [1.165, 1.54) is 5.57 Å². The van der Waals surface area contributed by atoms with Gasteiger partial charge in [0.25, 0.3) is 0 Å². The molecule has 1 unspecified atom stereocenters. The predicted molar refractivity (Wildman–Crippen MR) is 42.3 cm³/mol. The molecule has 1 heteroatoms. The minimum absolute atomic E-state index is 0.227. The first-order valence-corrected chi connectivity index (χ1v) is 3.65. The standard InChI is InChI=1S/C8H17N/c1-4-6-7(3)8(9)5-2/h8H,3-6,9H2,1-2H3. The van der Waals surface area contributed by atoms with Gasteiger partial charge in [0.05, 0.1) is 0 Å². The van der Waals surface area contributed by atoms with Gasteiger partial charge in [-0.05, 0) is 12.8 Å². The molecule has 0 radical (unpaired) electrons. The molecule has 0 aliphatic rings. The van der Waals surface area contributed by atoms with Crippen LogP contribution < -0.4 is 5.73 Å².